The smallest absolute Gasteiger partial charge is 0.726 e. The number of hydrogen-bond donors (Lipinski definition) is 7. The molecule has 0 aromatic heterocycles. The summed E-state index contributed by atoms with van der Waals surface area (Å²) in [5.41, 5.74) is -1.58. The maximum absolute atomic E-state index is 14.7. The topological polar surface area (TPSA) is 477 Å². The average molecular weight is 1440 g/mol. The molecule has 4 aliphatic carbocycles. The van der Waals surface area contributed by atoms with Crippen LogP contribution in [0.5, 0.6) is 0 Å². The van der Waals surface area contributed by atoms with Gasteiger partial charge in [-0.2, -0.15) is 0 Å². The number of cyclic esters (lactones) is 1. The fourth-order valence-electron chi connectivity index (χ4n) is 17.0. The van der Waals surface area contributed by atoms with Crippen LogP contribution in [0.2, 0.25) is 0 Å². The second-order valence-corrected chi connectivity index (χ2v) is 30.1. The molecule has 0 bridgehead atoms. The molecule has 0 radical (unpaired) electrons. The minimum Gasteiger partial charge on any atom is -0.726 e. The summed E-state index contributed by atoms with van der Waals surface area (Å²) in [5.74, 6) is -1.88. The summed E-state index contributed by atoms with van der Waals surface area (Å²) >= 11 is 0. The van der Waals surface area contributed by atoms with Crippen LogP contribution in [0.15, 0.2) is 23.3 Å². The van der Waals surface area contributed by atoms with Gasteiger partial charge in [-0.1, -0.05) is 51.0 Å². The van der Waals surface area contributed by atoms with E-state index in [1.54, 1.807) is 0 Å². The minimum atomic E-state index is -5.51. The normalized spacial score (nSPS) is 45.1. The third-order valence-corrected chi connectivity index (χ3v) is 22.5. The Kier molecular flexibility index (Phi) is 27.8. The molecule has 9 rings (SSSR count). The quantitative estimate of drug-likeness (QED) is 0.0184. The molecule has 28 atom stereocenters. The molecule has 8 fully saturated rings. The number of aliphatic hydroxyl groups excluding tert-OH is 7. The number of carbonyl (C=O) groups is 2. The van der Waals surface area contributed by atoms with Gasteiger partial charge in [0.1, 0.15) is 91.1 Å². The number of methoxy groups -OCH3 is 2. The molecular formula is C56H85Na3O32S3. The van der Waals surface area contributed by atoms with Crippen LogP contribution < -0.4 is 88.7 Å². The van der Waals surface area contributed by atoms with Crippen molar-refractivity contribution < 1.29 is 238 Å². The van der Waals surface area contributed by atoms with E-state index in [1.165, 1.54) is 14.0 Å². The standard InChI is InChI=1S/C56H88O32S3.3Na/c1-24(2)12-11-17-55(8)45-26(46(64)76-10)20-54(7)28-13-14-32-52(4,5)33(16-18-53(32,6)27(28)15-19-56(45,54)51(65)87-55)83-50-44(36(59)31(21-77-50)88-91(72,73)74)86-47-38(61)37(60)41(25(3)80-47)84-49-40(63)43(35(58)30(82-49)23-79-90(69,70)71)85-48-39(62)42(75-9)34(57)29(81-48)22-78-89(66,67)68;;;/h12-13,25-27,29-45,47-50,57-63H,11,14-23H2,1-10H3,(H,66,67,68)(H,69,70,71)(H,72,73,74);;;/q;3*+1/p-3/t25-,26+,27+,29-,30-,31-,32+,33+,34-,35-,36+,37-,38-,39-,40-,41-,42+,43+,44-,45-,47+,48+,49+,50+,53-,54+,55-,56-;;;/m1.../s1. The van der Waals surface area contributed by atoms with Crippen molar-refractivity contribution in [2.45, 2.75) is 235 Å². The van der Waals surface area contributed by atoms with E-state index >= 15 is 0 Å². The van der Waals surface area contributed by atoms with Crippen LogP contribution in [-0.2, 0) is 105 Å². The molecule has 5 heterocycles. The van der Waals surface area contributed by atoms with Gasteiger partial charge < -0.3 is 102 Å². The first-order valence-corrected chi connectivity index (χ1v) is 34.2. The summed E-state index contributed by atoms with van der Waals surface area (Å²) in [6.45, 7) is 12.4. The first-order chi connectivity index (χ1) is 42.2. The zero-order valence-electron chi connectivity index (χ0n) is 54.9. The maximum Gasteiger partial charge on any atom is 1.00 e. The van der Waals surface area contributed by atoms with Gasteiger partial charge in [-0.25, -0.2) is 25.3 Å². The Bertz CT molecular complexity index is 3070. The number of rotatable bonds is 21. The van der Waals surface area contributed by atoms with Gasteiger partial charge in [0.05, 0.1) is 50.5 Å². The second-order valence-electron chi connectivity index (χ2n) is 27.0. The molecule has 94 heavy (non-hydrogen) atoms. The zero-order chi connectivity index (χ0) is 67.3. The van der Waals surface area contributed by atoms with Crippen LogP contribution in [0.25, 0.3) is 0 Å². The molecule has 0 aromatic carbocycles. The van der Waals surface area contributed by atoms with E-state index in [0.29, 0.717) is 51.4 Å². The third-order valence-electron chi connectivity index (χ3n) is 21.2. The summed E-state index contributed by atoms with van der Waals surface area (Å²) in [6, 6.07) is 0. The van der Waals surface area contributed by atoms with E-state index in [9.17, 15) is 84.2 Å². The Morgan fingerprint density at radius 2 is 1.23 bits per heavy atom. The molecule has 522 valence electrons. The predicted octanol–water partition coefficient (Wildman–Crippen LogP) is -10.5. The fourth-order valence-corrected chi connectivity index (χ4v) is 18.0. The SMILES string of the molecule is COC(=O)[C@H]1C[C@@]2(C)C3=CC[C@H]4C(C)(C)[C@@H](O[C@@H]5OC[C@@H](OS(=O)(=O)[O-])[C@H](O)[C@H]5O[C@@H]5O[C@H](C)[C@@H](O[C@@H]6O[C@H](COS(=O)(=O)[O-])[C@@H](O)[C@H](O[C@@H]7O[C@H](COS(=O)(=O)[O-])[C@@H](O)[C@H](OC)[C@H]7O)[C@H]6O)[C@H](O)[C@H]5O)CC[C@]4(C)[C@H]3CC[C@@]23C(=O)O[C@](C)(CCC=C(C)C)[C@@H]13.[Na+].[Na+].[Na+]. The molecule has 7 N–H and O–H groups in total. The predicted molar refractivity (Wildman–Crippen MR) is 297 cm³/mol. The molecule has 5 saturated heterocycles. The van der Waals surface area contributed by atoms with E-state index < -0.39 is 213 Å². The summed E-state index contributed by atoms with van der Waals surface area (Å²) in [4.78, 5) is 28.6. The molecule has 38 heteroatoms. The largest absolute Gasteiger partial charge is 1.00 e. The summed E-state index contributed by atoms with van der Waals surface area (Å²) in [7, 11) is -14.0. The van der Waals surface area contributed by atoms with Crippen molar-refractivity contribution in [1.82, 2.24) is 0 Å². The Morgan fingerprint density at radius 1 is 0.681 bits per heavy atom. The Balaban J connectivity index is 0.00000467. The van der Waals surface area contributed by atoms with E-state index in [4.69, 9.17) is 52.1 Å². The Labute approximate surface area is 613 Å². The molecule has 1 spiro atoms. The maximum atomic E-state index is 14.7. The van der Waals surface area contributed by atoms with Gasteiger partial charge in [-0.3, -0.25) is 22.1 Å². The Morgan fingerprint density at radius 3 is 1.79 bits per heavy atom. The van der Waals surface area contributed by atoms with Crippen molar-refractivity contribution in [3.05, 3.63) is 23.3 Å². The summed E-state index contributed by atoms with van der Waals surface area (Å²) < 4.78 is 182. The van der Waals surface area contributed by atoms with Crippen LogP contribution in [-0.4, -0.2) is 249 Å². The first-order valence-electron chi connectivity index (χ1n) is 30.2. The number of esters is 2. The number of carbonyl (C=O) groups excluding carboxylic acids is 2. The minimum absolute atomic E-state index is 0. The molecule has 0 unspecified atom stereocenters. The van der Waals surface area contributed by atoms with Crippen LogP contribution in [0.4, 0.5) is 0 Å². The summed E-state index contributed by atoms with van der Waals surface area (Å²) in [5, 5.41) is 80.2. The fraction of sp³-hybridized carbons (Fsp3) is 0.893. The van der Waals surface area contributed by atoms with Gasteiger partial charge in [0.15, 0.2) is 25.2 Å². The second kappa shape index (κ2) is 31.4. The van der Waals surface area contributed by atoms with Crippen LogP contribution in [0, 0.1) is 45.3 Å². The number of allylic oxidation sites excluding steroid dienone is 4. The van der Waals surface area contributed by atoms with E-state index in [0.717, 1.165) is 18.3 Å². The average Bonchev–Trinajstić information content (AvgIpc) is 1.47. The van der Waals surface area contributed by atoms with E-state index in [-0.39, 0.29) is 112 Å². The van der Waals surface area contributed by atoms with Crippen molar-refractivity contribution in [3.8, 4) is 0 Å². The van der Waals surface area contributed by atoms with E-state index in [1.807, 2.05) is 34.6 Å². The van der Waals surface area contributed by atoms with Crippen LogP contribution >= 0.6 is 0 Å². The molecule has 3 saturated carbocycles. The van der Waals surface area contributed by atoms with Crippen molar-refractivity contribution >= 4 is 43.1 Å². The van der Waals surface area contributed by atoms with Crippen molar-refractivity contribution in [2.24, 2.45) is 45.3 Å². The molecule has 9 aliphatic rings. The van der Waals surface area contributed by atoms with Crippen LogP contribution in [0.3, 0.4) is 0 Å². The zero-order valence-corrected chi connectivity index (χ0v) is 63.3. The van der Waals surface area contributed by atoms with Crippen molar-refractivity contribution in [1.29, 1.82) is 0 Å². The van der Waals surface area contributed by atoms with Gasteiger partial charge >= 0.3 is 101 Å². The molecule has 0 aromatic rings. The number of ether oxygens (including phenoxy) is 11. The Hall–Kier alpha value is 0.390. The molecule has 0 amide bonds. The van der Waals surface area contributed by atoms with Crippen molar-refractivity contribution in [2.75, 3.05) is 34.0 Å². The number of aliphatic hydroxyl groups is 7. The van der Waals surface area contributed by atoms with Gasteiger partial charge in [-0.15, -0.1) is 0 Å². The third kappa shape index (κ3) is 16.3. The summed E-state index contributed by atoms with van der Waals surface area (Å²) in [6.07, 6.45) is -29.7. The van der Waals surface area contributed by atoms with Gasteiger partial charge in [0, 0.05) is 18.4 Å². The number of fused-ring (bicyclic) bond motifs is 4. The van der Waals surface area contributed by atoms with Crippen LogP contribution in [0.1, 0.15) is 107 Å². The molecule has 5 aliphatic heterocycles. The first kappa shape index (κ1) is 83.3. The molecule has 32 nitrogen and oxygen atoms in total. The van der Waals surface area contributed by atoms with E-state index in [2.05, 4.69) is 38.5 Å². The number of hydrogen-bond acceptors (Lipinski definition) is 32. The van der Waals surface area contributed by atoms with Crippen molar-refractivity contribution in [3.63, 3.8) is 0 Å². The van der Waals surface area contributed by atoms with Gasteiger partial charge in [0.25, 0.3) is 0 Å². The molecular weight excluding hydrogens is 1350 g/mol. The monoisotopic (exact) mass is 1430 g/mol. The van der Waals surface area contributed by atoms with Gasteiger partial charge in [0.2, 0.25) is 31.2 Å². The van der Waals surface area contributed by atoms with Gasteiger partial charge in [-0.05, 0) is 102 Å².